The molecule has 1 aromatic carbocycles. The lowest BCUT2D eigenvalue weighted by Crippen LogP contribution is -2.35. The Balaban J connectivity index is 2.23. The molecule has 0 aliphatic rings. The monoisotopic (exact) mass is 352 g/mol. The standard InChI is InChI=1S/C19H23F3N2O/c1-13(11-18(2,3)23)12-25-17-5-4-15(10-16(17)19(20,21)22)14-6-8-24-9-7-14/h4-10,13H,11-12,23H2,1-3H3/t13-/m0/s1. The number of ether oxygens (including phenoxy) is 1. The zero-order chi connectivity index (χ0) is 18.7. The quantitative estimate of drug-likeness (QED) is 0.803. The average Bonchev–Trinajstić information content (AvgIpc) is 2.51. The summed E-state index contributed by atoms with van der Waals surface area (Å²) in [6.07, 6.45) is -0.745. The van der Waals surface area contributed by atoms with Gasteiger partial charge in [0.05, 0.1) is 12.2 Å². The van der Waals surface area contributed by atoms with Crippen molar-refractivity contribution in [3.05, 3.63) is 48.3 Å². The van der Waals surface area contributed by atoms with E-state index in [1.807, 2.05) is 20.8 Å². The van der Waals surface area contributed by atoms with Gasteiger partial charge >= 0.3 is 6.18 Å². The summed E-state index contributed by atoms with van der Waals surface area (Å²) in [6, 6.07) is 7.45. The first kappa shape index (κ1) is 19.2. The molecule has 0 fully saturated rings. The van der Waals surface area contributed by atoms with Crippen molar-refractivity contribution in [2.45, 2.75) is 38.9 Å². The summed E-state index contributed by atoms with van der Waals surface area (Å²) in [5, 5.41) is 0. The van der Waals surface area contributed by atoms with Crippen molar-refractivity contribution in [2.24, 2.45) is 11.7 Å². The summed E-state index contributed by atoms with van der Waals surface area (Å²) in [5.41, 5.74) is 5.93. The highest BCUT2D eigenvalue weighted by Crippen LogP contribution is 2.39. The molecule has 0 saturated carbocycles. The number of halogens is 3. The van der Waals surface area contributed by atoms with Crippen molar-refractivity contribution in [1.82, 2.24) is 4.98 Å². The lowest BCUT2D eigenvalue weighted by molar-refractivity contribution is -0.139. The van der Waals surface area contributed by atoms with E-state index in [1.165, 1.54) is 6.07 Å². The molecule has 2 aromatic rings. The minimum Gasteiger partial charge on any atom is -0.493 e. The van der Waals surface area contributed by atoms with Crippen molar-refractivity contribution < 1.29 is 17.9 Å². The van der Waals surface area contributed by atoms with Gasteiger partial charge in [-0.05, 0) is 61.6 Å². The molecule has 0 saturated heterocycles. The van der Waals surface area contributed by atoms with E-state index in [0.29, 0.717) is 17.5 Å². The van der Waals surface area contributed by atoms with Gasteiger partial charge in [0.1, 0.15) is 5.75 Å². The summed E-state index contributed by atoms with van der Waals surface area (Å²) in [5.74, 6) is -0.118. The summed E-state index contributed by atoms with van der Waals surface area (Å²) in [4.78, 5) is 3.88. The highest BCUT2D eigenvalue weighted by molar-refractivity contribution is 5.65. The number of rotatable bonds is 6. The average molecular weight is 352 g/mol. The van der Waals surface area contributed by atoms with Crippen LogP contribution in [0.5, 0.6) is 5.75 Å². The molecule has 0 aliphatic carbocycles. The molecule has 0 amide bonds. The highest BCUT2D eigenvalue weighted by atomic mass is 19.4. The Kier molecular flexibility index (Phi) is 5.72. The third-order valence-corrected chi connectivity index (χ3v) is 3.70. The smallest absolute Gasteiger partial charge is 0.419 e. The van der Waals surface area contributed by atoms with E-state index in [4.69, 9.17) is 10.5 Å². The van der Waals surface area contributed by atoms with Gasteiger partial charge < -0.3 is 10.5 Å². The second-order valence-corrected chi connectivity index (χ2v) is 7.05. The van der Waals surface area contributed by atoms with E-state index < -0.39 is 11.7 Å². The maximum atomic E-state index is 13.4. The summed E-state index contributed by atoms with van der Waals surface area (Å²) < 4.78 is 45.8. The number of hydrogen-bond acceptors (Lipinski definition) is 3. The van der Waals surface area contributed by atoms with Gasteiger partial charge in [0.2, 0.25) is 0 Å². The Labute approximate surface area is 146 Å². The molecule has 3 nitrogen and oxygen atoms in total. The molecular formula is C19H23F3N2O. The number of aromatic nitrogens is 1. The molecule has 6 heteroatoms. The fraction of sp³-hybridized carbons (Fsp3) is 0.421. The van der Waals surface area contributed by atoms with E-state index in [-0.39, 0.29) is 23.8 Å². The normalized spacial score (nSPS) is 13.6. The molecule has 0 bridgehead atoms. The second-order valence-electron chi connectivity index (χ2n) is 7.05. The molecule has 0 spiro atoms. The molecular weight excluding hydrogens is 329 g/mol. The van der Waals surface area contributed by atoms with Crippen molar-refractivity contribution in [2.75, 3.05) is 6.61 Å². The molecule has 1 atom stereocenters. The Morgan fingerprint density at radius 2 is 1.72 bits per heavy atom. The number of pyridine rings is 1. The Bertz CT molecular complexity index is 694. The third kappa shape index (κ3) is 5.74. The topological polar surface area (TPSA) is 48.1 Å². The van der Waals surface area contributed by atoms with E-state index in [9.17, 15) is 13.2 Å². The number of hydrogen-bond donors (Lipinski definition) is 1. The molecule has 2 N–H and O–H groups in total. The first-order valence-electron chi connectivity index (χ1n) is 8.09. The minimum atomic E-state index is -4.49. The fourth-order valence-corrected chi connectivity index (χ4v) is 2.79. The second kappa shape index (κ2) is 7.44. The van der Waals surface area contributed by atoms with Crippen LogP contribution in [0.3, 0.4) is 0 Å². The molecule has 1 heterocycles. The minimum absolute atomic E-state index is 0.0426. The van der Waals surface area contributed by atoms with Crippen LogP contribution in [0.1, 0.15) is 32.8 Å². The van der Waals surface area contributed by atoms with Crippen LogP contribution in [0.25, 0.3) is 11.1 Å². The van der Waals surface area contributed by atoms with Gasteiger partial charge in [-0.15, -0.1) is 0 Å². The van der Waals surface area contributed by atoms with E-state index in [2.05, 4.69) is 4.98 Å². The maximum Gasteiger partial charge on any atom is 0.419 e. The molecule has 25 heavy (non-hydrogen) atoms. The van der Waals surface area contributed by atoms with Crippen molar-refractivity contribution in [3.8, 4) is 16.9 Å². The van der Waals surface area contributed by atoms with Gasteiger partial charge in [-0.2, -0.15) is 13.2 Å². The van der Waals surface area contributed by atoms with Gasteiger partial charge in [0.15, 0.2) is 0 Å². The van der Waals surface area contributed by atoms with Crippen molar-refractivity contribution in [3.63, 3.8) is 0 Å². The van der Waals surface area contributed by atoms with Crippen LogP contribution in [-0.2, 0) is 6.18 Å². The van der Waals surface area contributed by atoms with Crippen LogP contribution in [0.15, 0.2) is 42.7 Å². The molecule has 136 valence electrons. The fourth-order valence-electron chi connectivity index (χ4n) is 2.79. The largest absolute Gasteiger partial charge is 0.493 e. The van der Waals surface area contributed by atoms with Crippen LogP contribution in [0, 0.1) is 5.92 Å². The van der Waals surface area contributed by atoms with Gasteiger partial charge in [0.25, 0.3) is 0 Å². The lowest BCUT2D eigenvalue weighted by Gasteiger charge is -2.24. The highest BCUT2D eigenvalue weighted by Gasteiger charge is 2.35. The van der Waals surface area contributed by atoms with Crippen molar-refractivity contribution >= 4 is 0 Å². The number of benzene rings is 1. The maximum absolute atomic E-state index is 13.4. The first-order chi connectivity index (χ1) is 11.6. The van der Waals surface area contributed by atoms with Gasteiger partial charge in [-0.1, -0.05) is 13.0 Å². The van der Waals surface area contributed by atoms with E-state index in [1.54, 1.807) is 30.6 Å². The SMILES string of the molecule is C[C@H](COc1ccc(-c2ccncc2)cc1C(F)(F)F)CC(C)(C)N. The predicted octanol–water partition coefficient (Wildman–Crippen LogP) is 4.91. The Hall–Kier alpha value is -2.08. The lowest BCUT2D eigenvalue weighted by atomic mass is 9.93. The summed E-state index contributed by atoms with van der Waals surface area (Å²) in [6.45, 7) is 5.85. The van der Waals surface area contributed by atoms with E-state index in [0.717, 1.165) is 6.07 Å². The predicted molar refractivity (Wildman–Crippen MR) is 92.2 cm³/mol. The first-order valence-corrected chi connectivity index (χ1v) is 8.09. The van der Waals surface area contributed by atoms with Gasteiger partial charge in [-0.25, -0.2) is 0 Å². The molecule has 0 radical (unpaired) electrons. The molecule has 1 aromatic heterocycles. The molecule has 2 rings (SSSR count). The number of alkyl halides is 3. The van der Waals surface area contributed by atoms with Crippen LogP contribution >= 0.6 is 0 Å². The van der Waals surface area contributed by atoms with Crippen LogP contribution in [0.4, 0.5) is 13.2 Å². The van der Waals surface area contributed by atoms with Gasteiger partial charge in [-0.3, -0.25) is 4.98 Å². The van der Waals surface area contributed by atoms with Gasteiger partial charge in [0, 0.05) is 17.9 Å². The molecule has 0 unspecified atom stereocenters. The molecule has 0 aliphatic heterocycles. The Morgan fingerprint density at radius 3 is 2.28 bits per heavy atom. The van der Waals surface area contributed by atoms with Crippen LogP contribution < -0.4 is 10.5 Å². The summed E-state index contributed by atoms with van der Waals surface area (Å²) >= 11 is 0. The number of nitrogens with zero attached hydrogens (tertiary/aromatic N) is 1. The Morgan fingerprint density at radius 1 is 1.08 bits per heavy atom. The zero-order valence-corrected chi connectivity index (χ0v) is 14.6. The third-order valence-electron chi connectivity index (χ3n) is 3.70. The summed E-state index contributed by atoms with van der Waals surface area (Å²) in [7, 11) is 0. The van der Waals surface area contributed by atoms with E-state index >= 15 is 0 Å². The number of nitrogens with two attached hydrogens (primary N) is 1. The van der Waals surface area contributed by atoms with Crippen LogP contribution in [0.2, 0.25) is 0 Å². The zero-order valence-electron chi connectivity index (χ0n) is 14.6. The van der Waals surface area contributed by atoms with Crippen molar-refractivity contribution in [1.29, 1.82) is 0 Å². The van der Waals surface area contributed by atoms with Crippen LogP contribution in [-0.4, -0.2) is 17.1 Å².